The number of carboxylic acid groups (broad SMARTS) is 1. The number of allylic oxidation sites excluding steroid dienone is 1. The lowest BCUT2D eigenvalue weighted by atomic mass is 9.93. The Morgan fingerprint density at radius 1 is 1.30 bits per heavy atom. The number of halogens is 1. The molecule has 0 aromatic heterocycles. The highest BCUT2D eigenvalue weighted by molar-refractivity contribution is 8.23. The molecule has 1 fully saturated rings. The Morgan fingerprint density at radius 2 is 2.00 bits per heavy atom. The maximum absolute atomic E-state index is 12.9. The summed E-state index contributed by atoms with van der Waals surface area (Å²) in [6.07, 6.45) is 3.80. The third-order valence-electron chi connectivity index (χ3n) is 4.28. The fraction of sp³-hybridized carbons (Fsp3) is 0.353. The lowest BCUT2D eigenvalue weighted by molar-refractivity contribution is -0.137. The van der Waals surface area contributed by atoms with Gasteiger partial charge in [0.2, 0.25) is 0 Å². The van der Waals surface area contributed by atoms with Crippen LogP contribution in [-0.2, 0) is 4.79 Å². The van der Waals surface area contributed by atoms with Crippen molar-refractivity contribution in [2.75, 3.05) is 13.1 Å². The molecule has 3 rings (SSSR count). The predicted molar refractivity (Wildman–Crippen MR) is 90.3 cm³/mol. The van der Waals surface area contributed by atoms with Gasteiger partial charge in [0.15, 0.2) is 0 Å². The molecule has 2 aliphatic rings. The first-order valence-electron chi connectivity index (χ1n) is 7.62. The summed E-state index contributed by atoms with van der Waals surface area (Å²) >= 11 is 0. The zero-order chi connectivity index (χ0) is 16.3. The number of carbonyl (C=O) groups is 1. The van der Waals surface area contributed by atoms with Crippen molar-refractivity contribution in [3.8, 4) is 5.75 Å². The van der Waals surface area contributed by atoms with E-state index in [9.17, 15) is 14.3 Å². The van der Waals surface area contributed by atoms with Crippen LogP contribution >= 0.6 is 10.9 Å². The van der Waals surface area contributed by atoms with Gasteiger partial charge in [0.25, 0.3) is 0 Å². The zero-order valence-electron chi connectivity index (χ0n) is 12.7. The minimum atomic E-state index is -0.746. The predicted octanol–water partition coefficient (Wildman–Crippen LogP) is 3.17. The number of hydrogen-bond donors (Lipinski definition) is 3. The smallest absolute Gasteiger partial charge is 0.304 e. The van der Waals surface area contributed by atoms with Crippen LogP contribution in [0, 0.1) is 5.82 Å². The standard InChI is InChI=1S/C17H20FNO3S/c18-13-1-3-14(4-2-13)22-15-5-10-23(12-15)17(11-16(20)21)6-8-19-9-7-17/h1-5,10,12,19,23H,6-9,11H2,(H,20,21). The van der Waals surface area contributed by atoms with Gasteiger partial charge in [0.05, 0.1) is 6.42 Å². The van der Waals surface area contributed by atoms with Crippen LogP contribution in [0.1, 0.15) is 19.3 Å². The molecular weight excluding hydrogens is 317 g/mol. The zero-order valence-corrected chi connectivity index (χ0v) is 13.6. The summed E-state index contributed by atoms with van der Waals surface area (Å²) in [4.78, 5) is 11.3. The molecule has 124 valence electrons. The second-order valence-corrected chi connectivity index (χ2v) is 8.17. The first-order chi connectivity index (χ1) is 11.1. The number of benzene rings is 1. The molecule has 0 saturated carbocycles. The van der Waals surface area contributed by atoms with E-state index in [1.54, 1.807) is 12.1 Å². The summed E-state index contributed by atoms with van der Waals surface area (Å²) in [6.45, 7) is 1.70. The van der Waals surface area contributed by atoms with Crippen molar-refractivity contribution in [1.82, 2.24) is 5.32 Å². The molecular formula is C17H20FNO3S. The van der Waals surface area contributed by atoms with E-state index in [4.69, 9.17) is 4.74 Å². The van der Waals surface area contributed by atoms with E-state index in [-0.39, 0.29) is 17.0 Å². The van der Waals surface area contributed by atoms with Gasteiger partial charge in [-0.1, -0.05) is 0 Å². The molecule has 1 atom stereocenters. The number of thiol groups is 1. The van der Waals surface area contributed by atoms with E-state index >= 15 is 0 Å². The van der Waals surface area contributed by atoms with Crippen molar-refractivity contribution < 1.29 is 19.0 Å². The van der Waals surface area contributed by atoms with Gasteiger partial charge >= 0.3 is 5.97 Å². The lowest BCUT2D eigenvalue weighted by Gasteiger charge is -2.42. The van der Waals surface area contributed by atoms with E-state index in [1.807, 2.05) is 11.5 Å². The number of ether oxygens (including phenoxy) is 1. The van der Waals surface area contributed by atoms with Crippen LogP contribution in [0.15, 0.2) is 46.9 Å². The highest BCUT2D eigenvalue weighted by atomic mass is 32.2. The molecule has 1 unspecified atom stereocenters. The van der Waals surface area contributed by atoms with Crippen LogP contribution in [0.2, 0.25) is 0 Å². The summed E-state index contributed by atoms with van der Waals surface area (Å²) < 4.78 is 18.5. The van der Waals surface area contributed by atoms with Crippen molar-refractivity contribution in [1.29, 1.82) is 0 Å². The van der Waals surface area contributed by atoms with Crippen molar-refractivity contribution in [3.05, 3.63) is 52.7 Å². The van der Waals surface area contributed by atoms with E-state index < -0.39 is 16.9 Å². The highest BCUT2D eigenvalue weighted by Gasteiger charge is 2.39. The SMILES string of the molecule is O=C(O)CC1([SH]2C=CC(Oc3ccc(F)cc3)=C2)CCNCC1. The molecule has 2 N–H and O–H groups in total. The summed E-state index contributed by atoms with van der Waals surface area (Å²) in [6, 6.07) is 5.89. The van der Waals surface area contributed by atoms with Gasteiger partial charge in [-0.2, -0.15) is 0 Å². The molecule has 23 heavy (non-hydrogen) atoms. The first kappa shape index (κ1) is 16.1. The van der Waals surface area contributed by atoms with Crippen LogP contribution in [0.5, 0.6) is 5.75 Å². The Bertz CT molecular complexity index is 636. The largest absolute Gasteiger partial charge is 0.481 e. The Kier molecular flexibility index (Phi) is 4.73. The minimum Gasteiger partial charge on any atom is -0.481 e. The molecule has 0 aliphatic carbocycles. The molecule has 0 radical (unpaired) electrons. The van der Waals surface area contributed by atoms with E-state index in [2.05, 4.69) is 10.7 Å². The summed E-state index contributed by atoms with van der Waals surface area (Å²) in [5, 5.41) is 16.7. The summed E-state index contributed by atoms with van der Waals surface area (Å²) in [5.74, 6) is 0.248. The van der Waals surface area contributed by atoms with E-state index in [0.29, 0.717) is 11.5 Å². The molecule has 1 saturated heterocycles. The fourth-order valence-corrected chi connectivity index (χ4v) is 5.53. The van der Waals surface area contributed by atoms with Gasteiger partial charge in [0, 0.05) is 4.75 Å². The van der Waals surface area contributed by atoms with Crippen molar-refractivity contribution in [3.63, 3.8) is 0 Å². The third-order valence-corrected chi connectivity index (χ3v) is 6.98. The maximum atomic E-state index is 12.9. The number of nitrogens with one attached hydrogen (secondary N) is 1. The number of rotatable bonds is 5. The first-order valence-corrected chi connectivity index (χ1v) is 9.10. The average Bonchev–Trinajstić information content (AvgIpc) is 2.99. The van der Waals surface area contributed by atoms with Crippen LogP contribution in [0.3, 0.4) is 0 Å². The second-order valence-electron chi connectivity index (χ2n) is 5.86. The van der Waals surface area contributed by atoms with Crippen LogP contribution < -0.4 is 10.1 Å². The van der Waals surface area contributed by atoms with Gasteiger partial charge in [-0.05, 0) is 67.1 Å². The van der Waals surface area contributed by atoms with E-state index in [0.717, 1.165) is 25.9 Å². The monoisotopic (exact) mass is 337 g/mol. The van der Waals surface area contributed by atoms with Crippen LogP contribution in [-0.4, -0.2) is 28.9 Å². The minimum absolute atomic E-state index is 0.186. The average molecular weight is 337 g/mol. The van der Waals surface area contributed by atoms with Crippen LogP contribution in [0.25, 0.3) is 0 Å². The van der Waals surface area contributed by atoms with Gasteiger partial charge in [0.1, 0.15) is 17.3 Å². The molecule has 6 heteroatoms. The topological polar surface area (TPSA) is 58.6 Å². The van der Waals surface area contributed by atoms with Gasteiger partial charge in [-0.3, -0.25) is 4.79 Å². The molecule has 2 aliphatic heterocycles. The lowest BCUT2D eigenvalue weighted by Crippen LogP contribution is -2.42. The van der Waals surface area contributed by atoms with E-state index in [1.165, 1.54) is 12.1 Å². The molecule has 0 amide bonds. The van der Waals surface area contributed by atoms with Crippen molar-refractivity contribution in [2.24, 2.45) is 0 Å². The molecule has 1 aromatic rings. The van der Waals surface area contributed by atoms with Gasteiger partial charge in [-0.25, -0.2) is 15.3 Å². The fourth-order valence-electron chi connectivity index (χ4n) is 3.07. The third kappa shape index (κ3) is 3.76. The quantitative estimate of drug-likeness (QED) is 0.723. The molecule has 1 aromatic carbocycles. The van der Waals surface area contributed by atoms with Gasteiger partial charge < -0.3 is 15.2 Å². The summed E-state index contributed by atoms with van der Waals surface area (Å²) in [7, 11) is -0.684. The van der Waals surface area contributed by atoms with Gasteiger partial charge in [-0.15, -0.1) is 0 Å². The molecule has 4 nitrogen and oxygen atoms in total. The van der Waals surface area contributed by atoms with Crippen LogP contribution in [0.4, 0.5) is 4.39 Å². The number of piperidine rings is 1. The summed E-state index contributed by atoms with van der Waals surface area (Å²) in [5.41, 5.74) is 0. The maximum Gasteiger partial charge on any atom is 0.304 e. The Morgan fingerprint density at radius 3 is 2.65 bits per heavy atom. The molecule has 2 heterocycles. The Labute approximate surface area is 137 Å². The normalized spacial score (nSPS) is 24.2. The number of hydrogen-bond acceptors (Lipinski definition) is 3. The number of aliphatic carboxylic acids is 1. The molecule has 0 spiro atoms. The number of carboxylic acids is 1. The van der Waals surface area contributed by atoms with Crippen molar-refractivity contribution in [2.45, 2.75) is 24.0 Å². The molecule has 0 bridgehead atoms. The Balaban J connectivity index is 1.75. The second kappa shape index (κ2) is 6.76. The highest BCUT2D eigenvalue weighted by Crippen LogP contribution is 2.54. The Hall–Kier alpha value is -1.79. The van der Waals surface area contributed by atoms with Crippen molar-refractivity contribution >= 4 is 16.9 Å².